The largest absolute Gasteiger partial charge is 0.455 e. The number of hydrogen-bond donors (Lipinski definition) is 2. The molecule has 11 heteroatoms. The second kappa shape index (κ2) is 15.0. The highest BCUT2D eigenvalue weighted by atomic mass is 79.9. The molecular weight excluding hydrogens is 690 g/mol. The number of fused-ring (bicyclic) bond motifs is 2. The maximum Gasteiger partial charge on any atom is 0.313 e. The molecule has 6 atom stereocenters. The Morgan fingerprint density at radius 2 is 1.76 bits per heavy atom. The van der Waals surface area contributed by atoms with Crippen LogP contribution in [0.1, 0.15) is 61.3 Å². The molecule has 0 saturated carbocycles. The van der Waals surface area contributed by atoms with Crippen molar-refractivity contribution in [1.29, 1.82) is 0 Å². The molecule has 2 aromatic rings. The number of amides is 3. The van der Waals surface area contributed by atoms with Gasteiger partial charge in [0.1, 0.15) is 29.8 Å². The van der Waals surface area contributed by atoms with Crippen LogP contribution in [0.3, 0.4) is 0 Å². The molecule has 260 valence electrons. The molecule has 4 aliphatic rings. The summed E-state index contributed by atoms with van der Waals surface area (Å²) >= 11 is 3.63. The minimum absolute atomic E-state index is 0.0683. The SMILES string of the molecule is Cc1ccc(C)c(N2C/C=C\CCC(=O)NC[C@@H](c3ccccc3)OC(=O)[C@@H]3[C@H]4O[C@@]5(C=C4Br)[C@H](C2=O)N(CCCCCCO)C(=O)[C@@H]35)c1. The lowest BCUT2D eigenvalue weighted by molar-refractivity contribution is -0.159. The summed E-state index contributed by atoms with van der Waals surface area (Å²) in [5, 5.41) is 12.2. The van der Waals surface area contributed by atoms with Crippen LogP contribution in [-0.2, 0) is 28.7 Å². The molecule has 2 fully saturated rings. The number of allylic oxidation sites excluding steroid dienone is 1. The van der Waals surface area contributed by atoms with Crippen LogP contribution in [-0.4, -0.2) is 77.7 Å². The van der Waals surface area contributed by atoms with Gasteiger partial charge in [-0.3, -0.25) is 19.2 Å². The molecule has 0 unspecified atom stereocenters. The van der Waals surface area contributed by atoms with Crippen LogP contribution in [0.25, 0.3) is 0 Å². The third-order valence-corrected chi connectivity index (χ3v) is 10.7. The number of nitrogens with one attached hydrogen (secondary N) is 1. The van der Waals surface area contributed by atoms with Gasteiger partial charge in [-0.2, -0.15) is 0 Å². The van der Waals surface area contributed by atoms with Crippen LogP contribution in [0.5, 0.6) is 0 Å². The first kappa shape index (κ1) is 35.0. The predicted octanol–water partition coefficient (Wildman–Crippen LogP) is 4.81. The number of aliphatic hydroxyl groups is 1. The number of ether oxygens (including phenoxy) is 2. The topological polar surface area (TPSA) is 125 Å². The lowest BCUT2D eigenvalue weighted by Crippen LogP contribution is -2.56. The van der Waals surface area contributed by atoms with Gasteiger partial charge in [0, 0.05) is 36.3 Å². The molecule has 6 rings (SSSR count). The van der Waals surface area contributed by atoms with E-state index < -0.39 is 41.7 Å². The quantitative estimate of drug-likeness (QED) is 0.227. The lowest BCUT2D eigenvalue weighted by atomic mass is 9.74. The molecule has 1 spiro atoms. The fourth-order valence-electron chi connectivity index (χ4n) is 7.64. The van der Waals surface area contributed by atoms with Crippen molar-refractivity contribution in [1.82, 2.24) is 10.2 Å². The highest BCUT2D eigenvalue weighted by Crippen LogP contribution is 2.59. The van der Waals surface area contributed by atoms with Gasteiger partial charge in [0.15, 0.2) is 0 Å². The van der Waals surface area contributed by atoms with Crippen LogP contribution >= 0.6 is 15.9 Å². The number of carbonyl (C=O) groups is 4. The summed E-state index contributed by atoms with van der Waals surface area (Å²) in [6, 6.07) is 14.1. The van der Waals surface area contributed by atoms with E-state index in [-0.39, 0.29) is 43.8 Å². The number of esters is 1. The van der Waals surface area contributed by atoms with E-state index in [1.807, 2.05) is 80.6 Å². The number of hydrogen-bond acceptors (Lipinski definition) is 7. The monoisotopic (exact) mass is 733 g/mol. The number of unbranched alkanes of at least 4 members (excludes halogenated alkanes) is 3. The van der Waals surface area contributed by atoms with Crippen molar-refractivity contribution >= 4 is 45.3 Å². The summed E-state index contributed by atoms with van der Waals surface area (Å²) in [5.74, 6) is -3.41. The number of likely N-dealkylation sites (tertiary alicyclic amines) is 1. The number of rotatable bonds is 8. The van der Waals surface area contributed by atoms with E-state index in [9.17, 15) is 19.5 Å². The Bertz CT molecular complexity index is 1640. The minimum Gasteiger partial charge on any atom is -0.455 e. The van der Waals surface area contributed by atoms with Crippen LogP contribution in [0.15, 0.2) is 71.2 Å². The van der Waals surface area contributed by atoms with Crippen LogP contribution in [0.2, 0.25) is 0 Å². The van der Waals surface area contributed by atoms with Crippen LogP contribution < -0.4 is 10.2 Å². The molecule has 2 aromatic carbocycles. The van der Waals surface area contributed by atoms with Gasteiger partial charge in [-0.1, -0.05) is 83.4 Å². The summed E-state index contributed by atoms with van der Waals surface area (Å²) < 4.78 is 13.4. The van der Waals surface area contributed by atoms with Gasteiger partial charge in [0.25, 0.3) is 5.91 Å². The molecule has 0 radical (unpaired) electrons. The number of aliphatic hydroxyl groups excluding tert-OH is 1. The summed E-state index contributed by atoms with van der Waals surface area (Å²) in [6.45, 7) is 4.60. The molecule has 2 saturated heterocycles. The number of carbonyl (C=O) groups excluding carboxylic acids is 4. The van der Waals surface area contributed by atoms with Gasteiger partial charge in [-0.05, 0) is 61.9 Å². The smallest absolute Gasteiger partial charge is 0.313 e. The zero-order chi connectivity index (χ0) is 34.7. The lowest BCUT2D eigenvalue weighted by Gasteiger charge is -2.36. The summed E-state index contributed by atoms with van der Waals surface area (Å²) in [6.07, 6.45) is 7.52. The van der Waals surface area contributed by atoms with Crippen molar-refractivity contribution in [2.45, 2.75) is 76.2 Å². The van der Waals surface area contributed by atoms with Crippen molar-refractivity contribution in [3.05, 3.63) is 87.9 Å². The first-order chi connectivity index (χ1) is 23.7. The van der Waals surface area contributed by atoms with E-state index in [4.69, 9.17) is 9.47 Å². The van der Waals surface area contributed by atoms with Gasteiger partial charge in [-0.25, -0.2) is 0 Å². The minimum atomic E-state index is -1.39. The van der Waals surface area contributed by atoms with E-state index in [0.717, 1.165) is 29.7 Å². The molecule has 4 heterocycles. The molecule has 4 aliphatic heterocycles. The number of aryl methyl sites for hydroxylation is 2. The van der Waals surface area contributed by atoms with Crippen molar-refractivity contribution in [2.75, 3.05) is 31.1 Å². The van der Waals surface area contributed by atoms with E-state index in [2.05, 4.69) is 21.2 Å². The summed E-state index contributed by atoms with van der Waals surface area (Å²) in [7, 11) is 0. The number of nitrogens with zero attached hydrogens (tertiary/aromatic N) is 2. The molecule has 2 N–H and O–H groups in total. The van der Waals surface area contributed by atoms with Crippen molar-refractivity contribution < 1.29 is 33.8 Å². The third kappa shape index (κ3) is 6.85. The normalized spacial score (nSPS) is 29.5. The molecule has 5 bridgehead atoms. The summed E-state index contributed by atoms with van der Waals surface area (Å²) in [4.78, 5) is 60.2. The maximum absolute atomic E-state index is 15.1. The van der Waals surface area contributed by atoms with E-state index in [1.165, 1.54) is 0 Å². The van der Waals surface area contributed by atoms with E-state index >= 15 is 4.79 Å². The average Bonchev–Trinajstić information content (AvgIpc) is 3.68. The Hall–Kier alpha value is -3.80. The zero-order valence-electron chi connectivity index (χ0n) is 28.0. The number of halogens is 1. The second-order valence-electron chi connectivity index (χ2n) is 13.4. The van der Waals surface area contributed by atoms with Gasteiger partial charge in [0.2, 0.25) is 11.8 Å². The average molecular weight is 735 g/mol. The second-order valence-corrected chi connectivity index (χ2v) is 14.3. The van der Waals surface area contributed by atoms with Gasteiger partial charge >= 0.3 is 5.97 Å². The number of benzene rings is 2. The number of anilines is 1. The highest BCUT2D eigenvalue weighted by molar-refractivity contribution is 9.11. The Morgan fingerprint density at radius 3 is 2.53 bits per heavy atom. The highest BCUT2D eigenvalue weighted by Gasteiger charge is 2.75. The van der Waals surface area contributed by atoms with Gasteiger partial charge in [-0.15, -0.1) is 0 Å². The Labute approximate surface area is 295 Å². The third-order valence-electron chi connectivity index (χ3n) is 10.1. The van der Waals surface area contributed by atoms with Gasteiger partial charge in [0.05, 0.1) is 12.5 Å². The predicted molar refractivity (Wildman–Crippen MR) is 188 cm³/mol. The first-order valence-electron chi connectivity index (χ1n) is 17.2. The van der Waals surface area contributed by atoms with E-state index in [1.54, 1.807) is 9.80 Å². The van der Waals surface area contributed by atoms with Gasteiger partial charge < -0.3 is 29.7 Å². The van der Waals surface area contributed by atoms with Crippen LogP contribution in [0.4, 0.5) is 5.69 Å². The van der Waals surface area contributed by atoms with E-state index in [0.29, 0.717) is 35.9 Å². The molecule has 49 heavy (non-hydrogen) atoms. The summed E-state index contributed by atoms with van der Waals surface area (Å²) in [5.41, 5.74) is 1.91. The molecule has 0 aliphatic carbocycles. The standard InChI is InChI=1S/C38H44BrN3O7/c1-24-16-17-25(2)28(21-24)41-18-11-6-9-15-30(44)40-23-29(26-13-7-5-8-14-26)48-37(47)31-32-35(45)42(19-10-3-4-12-20-43)34(36(41)46)38(32)22-27(39)33(31)49-38/h5-8,11,13-14,16-17,21-22,29,31-34,43H,3-4,9-10,12,15,18-20,23H2,1-2H3,(H,40,44)/b11-6-/t29-,31-,32+,33-,34-,38+/m0/s1. The zero-order valence-corrected chi connectivity index (χ0v) is 29.6. The van der Waals surface area contributed by atoms with Crippen LogP contribution in [0, 0.1) is 25.7 Å². The fraction of sp³-hybridized carbons (Fsp3) is 0.474. The molecular formula is C38H44BrN3O7. The molecule has 10 nitrogen and oxygen atoms in total. The Balaban J connectivity index is 1.44. The first-order valence-corrected chi connectivity index (χ1v) is 18.0. The van der Waals surface area contributed by atoms with Crippen molar-refractivity contribution in [3.63, 3.8) is 0 Å². The maximum atomic E-state index is 15.1. The molecule has 0 aromatic heterocycles. The van der Waals surface area contributed by atoms with Crippen molar-refractivity contribution in [3.8, 4) is 0 Å². The van der Waals surface area contributed by atoms with Crippen molar-refractivity contribution in [2.24, 2.45) is 11.8 Å². The fourth-order valence-corrected chi connectivity index (χ4v) is 8.38. The molecule has 3 amide bonds. The number of cyclic esters (lactones) is 1. The Kier molecular flexibility index (Phi) is 10.7. The Morgan fingerprint density at radius 1 is 0.980 bits per heavy atom.